The first kappa shape index (κ1) is 22.4. The number of urea groups is 1. The average Bonchev–Trinajstić information content (AvgIpc) is 3.47. The molecule has 6 N–H and O–H groups in total. The van der Waals surface area contributed by atoms with E-state index in [1.807, 2.05) is 0 Å². The molecule has 2 aromatic rings. The van der Waals surface area contributed by atoms with Gasteiger partial charge in [-0.3, -0.25) is 19.0 Å². The van der Waals surface area contributed by atoms with Crippen molar-refractivity contribution in [3.63, 3.8) is 0 Å². The molecule has 2 amide bonds. The summed E-state index contributed by atoms with van der Waals surface area (Å²) in [5.74, 6) is -0.152. The fourth-order valence-corrected chi connectivity index (χ4v) is 7.04. The first-order chi connectivity index (χ1) is 15.2. The van der Waals surface area contributed by atoms with Crippen molar-refractivity contribution in [2.24, 2.45) is 5.14 Å². The zero-order valence-electron chi connectivity index (χ0n) is 16.8. The number of hydrogen-bond donors (Lipinski definition) is 6. The Morgan fingerprint density at radius 2 is 2.12 bits per heavy atom. The van der Waals surface area contributed by atoms with E-state index in [1.165, 1.54) is 17.0 Å². The quantitative estimate of drug-likeness (QED) is 0.187. The number of carbonyl (C=O) groups excluding carboxylic acids is 2. The first-order valence-corrected chi connectivity index (χ1v) is 13.1. The molecule has 2 fully saturated rings. The van der Waals surface area contributed by atoms with E-state index in [-0.39, 0.29) is 28.7 Å². The predicted molar refractivity (Wildman–Crippen MR) is 115 cm³/mol. The van der Waals surface area contributed by atoms with Crippen molar-refractivity contribution in [2.45, 2.75) is 28.7 Å². The van der Waals surface area contributed by atoms with Gasteiger partial charge < -0.3 is 10.6 Å². The molecule has 2 saturated heterocycles. The van der Waals surface area contributed by atoms with Crippen molar-refractivity contribution < 1.29 is 22.2 Å². The van der Waals surface area contributed by atoms with Crippen LogP contribution in [0.15, 0.2) is 21.9 Å². The molecule has 0 saturated carbocycles. The van der Waals surface area contributed by atoms with Gasteiger partial charge in [-0.1, -0.05) is 0 Å². The molecule has 0 radical (unpaired) electrons. The summed E-state index contributed by atoms with van der Waals surface area (Å²) in [7, 11) is -8.62. The summed E-state index contributed by atoms with van der Waals surface area (Å²) in [4.78, 5) is 24.7. The molecular weight excluding hydrogens is 462 g/mol. The minimum Gasteiger partial charge on any atom is -0.338 e. The molecule has 4 rings (SSSR count). The largest absolute Gasteiger partial charge is 0.338 e. The van der Waals surface area contributed by atoms with Crippen LogP contribution in [0, 0.1) is 0 Å². The number of nitrogens with zero attached hydrogens (tertiary/aromatic N) is 4. The third-order valence-electron chi connectivity index (χ3n) is 5.24. The Labute approximate surface area is 184 Å². The molecule has 2 aliphatic heterocycles. The Bertz CT molecular complexity index is 1180. The van der Waals surface area contributed by atoms with Gasteiger partial charge in [0.25, 0.3) is 0 Å². The fraction of sp³-hybridized carbons (Fsp3) is 0.438. The molecule has 0 aliphatic carbocycles. The molecule has 174 valence electrons. The Morgan fingerprint density at radius 1 is 1.31 bits per heavy atom. The average molecular weight is 486 g/mol. The highest BCUT2D eigenvalue weighted by atomic mass is 32.3. The third kappa shape index (κ3) is 4.14. The number of aromatic amines is 1. The number of amides is 2. The van der Waals surface area contributed by atoms with E-state index in [9.17, 15) is 22.2 Å². The van der Waals surface area contributed by atoms with Crippen LogP contribution in [-0.4, -0.2) is 77.1 Å². The lowest BCUT2D eigenvalue weighted by atomic mass is 10.1. The molecule has 0 bridgehead atoms. The third-order valence-corrected chi connectivity index (χ3v) is 8.43. The Hall–Kier alpha value is -2.79. The number of nitrogens with one attached hydrogen (secondary N) is 4. The number of sulfonamides is 1. The molecule has 16 heteroatoms. The van der Waals surface area contributed by atoms with Crippen molar-refractivity contribution in [1.29, 1.82) is 0 Å². The van der Waals surface area contributed by atoms with E-state index >= 15 is 0 Å². The number of anilines is 1. The smallest absolute Gasteiger partial charge is 0.321 e. The van der Waals surface area contributed by atoms with Gasteiger partial charge in [0.05, 0.1) is 21.0 Å². The van der Waals surface area contributed by atoms with Crippen LogP contribution in [0.1, 0.15) is 12.8 Å². The monoisotopic (exact) mass is 485 g/mol. The standard InChI is InChI=1S/C16H23N9O5S2/c17-31(28,9-26)14-12(32(29,30)22-10-4-6-18-8-10)3-2-11(13(14)15-20-23-24-21-15)25-7-1-5-19-16(25)27/h2-3,9-10,18,22,31H,1,4-8H2,(H2,17,28)(H,19,27)(H,20,21,23,24)/t10-/m1/s1. The van der Waals surface area contributed by atoms with Crippen molar-refractivity contribution in [3.05, 3.63) is 12.1 Å². The maximum Gasteiger partial charge on any atom is 0.321 e. The second-order valence-corrected chi connectivity index (χ2v) is 11.2. The summed E-state index contributed by atoms with van der Waals surface area (Å²) in [6.45, 7) is 1.83. The van der Waals surface area contributed by atoms with E-state index in [4.69, 9.17) is 5.14 Å². The van der Waals surface area contributed by atoms with Crippen LogP contribution < -0.4 is 25.4 Å². The number of nitrogens with two attached hydrogens (primary N) is 1. The summed E-state index contributed by atoms with van der Waals surface area (Å²) in [5.41, 5.74) is 0.0658. The summed E-state index contributed by atoms with van der Waals surface area (Å²) < 4.78 is 42.3. The van der Waals surface area contributed by atoms with E-state index < -0.39 is 36.0 Å². The van der Waals surface area contributed by atoms with Crippen LogP contribution in [0.4, 0.5) is 10.5 Å². The lowest BCUT2D eigenvalue weighted by molar-refractivity contribution is 0.243. The van der Waals surface area contributed by atoms with Crippen LogP contribution in [0.5, 0.6) is 0 Å². The summed E-state index contributed by atoms with van der Waals surface area (Å²) in [5, 5.41) is 25.1. The number of carbonyl (C=O) groups is 2. The number of hydrogen-bond acceptors (Lipinski definition) is 9. The topological polar surface area (TPSA) is 205 Å². The van der Waals surface area contributed by atoms with Gasteiger partial charge in [0.15, 0.2) is 5.62 Å². The minimum atomic E-state index is -4.38. The second-order valence-electron chi connectivity index (χ2n) is 7.40. The van der Waals surface area contributed by atoms with Crippen molar-refractivity contribution >= 4 is 37.5 Å². The normalized spacial score (nSPS) is 20.2. The van der Waals surface area contributed by atoms with Gasteiger partial charge >= 0.3 is 6.03 Å². The lowest BCUT2D eigenvalue weighted by Crippen LogP contribution is -2.47. The number of H-pyrrole nitrogens is 1. The van der Waals surface area contributed by atoms with Crippen LogP contribution >= 0.6 is 0 Å². The summed E-state index contributed by atoms with van der Waals surface area (Å²) >= 11 is 0. The highest BCUT2D eigenvalue weighted by Crippen LogP contribution is 2.40. The molecule has 0 spiro atoms. The molecule has 0 unspecified atom stereocenters. The van der Waals surface area contributed by atoms with Gasteiger partial charge in [-0.2, -0.15) is 5.21 Å². The SMILES string of the molecule is N[SH](=O)(C=O)c1c(S(=O)(=O)N[C@@H]2CCNC2)ccc(N2CCCNC2=O)c1-c1nn[nH]n1. The number of aromatic nitrogens is 4. The van der Waals surface area contributed by atoms with Crippen LogP contribution in [-0.2, 0) is 24.9 Å². The van der Waals surface area contributed by atoms with E-state index in [0.29, 0.717) is 39.0 Å². The molecule has 1 aromatic carbocycles. The van der Waals surface area contributed by atoms with Gasteiger partial charge in [-0.25, -0.2) is 17.9 Å². The molecule has 32 heavy (non-hydrogen) atoms. The second kappa shape index (κ2) is 8.62. The van der Waals surface area contributed by atoms with Crippen molar-refractivity contribution in [1.82, 2.24) is 36.0 Å². The minimum absolute atomic E-state index is 0.0160. The zero-order valence-corrected chi connectivity index (χ0v) is 18.5. The fourth-order valence-electron chi connectivity index (χ4n) is 3.79. The maximum atomic E-state index is 13.3. The Morgan fingerprint density at radius 3 is 2.75 bits per heavy atom. The van der Waals surface area contributed by atoms with Gasteiger partial charge in [-0.15, -0.1) is 10.2 Å². The molecular formula is C16H23N9O5S2. The number of tetrazole rings is 1. The molecule has 1 aromatic heterocycles. The number of rotatable bonds is 7. The maximum absolute atomic E-state index is 13.3. The van der Waals surface area contributed by atoms with Gasteiger partial charge in [0.2, 0.25) is 15.8 Å². The highest BCUT2D eigenvalue weighted by Gasteiger charge is 2.35. The van der Waals surface area contributed by atoms with E-state index in [2.05, 4.69) is 36.0 Å². The number of thiol groups is 1. The van der Waals surface area contributed by atoms with Gasteiger partial charge in [-0.05, 0) is 36.7 Å². The molecule has 14 nitrogen and oxygen atoms in total. The van der Waals surface area contributed by atoms with Gasteiger partial charge in [0.1, 0.15) is 0 Å². The van der Waals surface area contributed by atoms with E-state index in [1.54, 1.807) is 0 Å². The lowest BCUT2D eigenvalue weighted by Gasteiger charge is -2.31. The van der Waals surface area contributed by atoms with Crippen LogP contribution in [0.3, 0.4) is 0 Å². The zero-order chi connectivity index (χ0) is 22.9. The van der Waals surface area contributed by atoms with Crippen LogP contribution in [0.25, 0.3) is 11.4 Å². The Balaban J connectivity index is 1.98. The first-order valence-electron chi connectivity index (χ1n) is 9.79. The van der Waals surface area contributed by atoms with Gasteiger partial charge in [0, 0.05) is 35.8 Å². The molecule has 1 atom stereocenters. The molecule has 2 aliphatic rings. The summed E-state index contributed by atoms with van der Waals surface area (Å²) in [6, 6.07) is 1.73. The molecule has 3 heterocycles. The van der Waals surface area contributed by atoms with Crippen LogP contribution in [0.2, 0.25) is 0 Å². The highest BCUT2D eigenvalue weighted by molar-refractivity contribution is 8.13. The van der Waals surface area contributed by atoms with Crippen molar-refractivity contribution in [2.75, 3.05) is 31.1 Å². The number of benzene rings is 1. The predicted octanol–water partition coefficient (Wildman–Crippen LogP) is -2.13. The summed E-state index contributed by atoms with van der Waals surface area (Å²) in [6.07, 6.45) is 1.17. The Kier molecular flexibility index (Phi) is 6.04. The van der Waals surface area contributed by atoms with E-state index in [0.717, 1.165) is 0 Å². The van der Waals surface area contributed by atoms with Crippen molar-refractivity contribution in [3.8, 4) is 11.4 Å².